The van der Waals surface area contributed by atoms with Gasteiger partial charge in [0.2, 0.25) is 0 Å². The molecule has 30 heavy (non-hydrogen) atoms. The highest BCUT2D eigenvalue weighted by atomic mass is 32.2. The number of allylic oxidation sites excluding steroid dienone is 16. The van der Waals surface area contributed by atoms with Crippen LogP contribution in [-0.2, 0) is 0 Å². The average Bonchev–Trinajstić information content (AvgIpc) is 3.37. The maximum absolute atomic E-state index is 8.94. The van der Waals surface area contributed by atoms with Crippen molar-refractivity contribution in [1.29, 1.82) is 21.0 Å². The first-order chi connectivity index (χ1) is 14.7. The van der Waals surface area contributed by atoms with Gasteiger partial charge in [-0.15, -0.1) is 0 Å². The lowest BCUT2D eigenvalue weighted by atomic mass is 10.3. The van der Waals surface area contributed by atoms with Crippen LogP contribution in [0.4, 0.5) is 0 Å². The van der Waals surface area contributed by atoms with E-state index < -0.39 is 0 Å². The summed E-state index contributed by atoms with van der Waals surface area (Å²) >= 11 is 5.25. The first-order valence-corrected chi connectivity index (χ1v) is 11.5. The lowest BCUT2D eigenvalue weighted by Gasteiger charge is -1.88. The van der Waals surface area contributed by atoms with E-state index in [1.165, 1.54) is 47.0 Å². The molecule has 0 saturated heterocycles. The lowest BCUT2D eigenvalue weighted by molar-refractivity contribution is 1.50. The molecule has 0 radical (unpaired) electrons. The second kappa shape index (κ2) is 13.3. The summed E-state index contributed by atoms with van der Waals surface area (Å²) in [6.45, 7) is 0. The third-order valence-corrected chi connectivity index (χ3v) is 7.70. The zero-order valence-corrected chi connectivity index (χ0v) is 18.6. The summed E-state index contributed by atoms with van der Waals surface area (Å²) in [7, 11) is 0. The van der Waals surface area contributed by atoms with Crippen LogP contribution in [0.5, 0.6) is 0 Å². The molecule has 0 aromatic carbocycles. The number of hydrogen-bond donors (Lipinski definition) is 0. The van der Waals surface area contributed by atoms with Crippen molar-refractivity contribution in [1.82, 2.24) is 0 Å². The summed E-state index contributed by atoms with van der Waals surface area (Å²) in [4.78, 5) is 1.81. The molecule has 2 aliphatic heterocycles. The van der Waals surface area contributed by atoms with Gasteiger partial charge in [0.25, 0.3) is 0 Å². The maximum atomic E-state index is 8.94. The summed E-state index contributed by atoms with van der Waals surface area (Å²) in [6, 6.07) is 8.12. The molecule has 0 bridgehead atoms. The highest BCUT2D eigenvalue weighted by Gasteiger charge is 2.20. The minimum absolute atomic E-state index is 0.453. The Morgan fingerprint density at radius 1 is 0.400 bits per heavy atom. The second-order valence-electron chi connectivity index (χ2n) is 5.07. The number of nitrogens with zero attached hydrogens (tertiary/aromatic N) is 4. The molecule has 4 nitrogen and oxygen atoms in total. The smallest absolute Gasteiger partial charge is 0.115 e. The third kappa shape index (κ3) is 7.45. The van der Waals surface area contributed by atoms with Gasteiger partial charge in [0.1, 0.15) is 43.9 Å². The van der Waals surface area contributed by atoms with Crippen LogP contribution in [-0.4, -0.2) is 0 Å². The number of rotatable bonds is 6. The van der Waals surface area contributed by atoms with Crippen molar-refractivity contribution in [2.75, 3.05) is 0 Å². The van der Waals surface area contributed by atoms with E-state index >= 15 is 0 Å². The minimum atomic E-state index is 0.453. The van der Waals surface area contributed by atoms with Crippen LogP contribution in [0.1, 0.15) is 0 Å². The van der Waals surface area contributed by atoms with Crippen LogP contribution in [0.2, 0.25) is 0 Å². The Balaban J connectivity index is 1.71. The number of hydrogen-bond acceptors (Lipinski definition) is 8. The van der Waals surface area contributed by atoms with Gasteiger partial charge >= 0.3 is 0 Å². The molecule has 2 aliphatic rings. The summed E-state index contributed by atoms with van der Waals surface area (Å²) in [5.74, 6) is 0. The molecular formula is C22H12N4S4. The fourth-order valence-electron chi connectivity index (χ4n) is 1.84. The van der Waals surface area contributed by atoms with E-state index in [1.54, 1.807) is 0 Å². The molecule has 0 amide bonds. The Bertz CT molecular complexity index is 985. The van der Waals surface area contributed by atoms with Gasteiger partial charge in [-0.25, -0.2) is 0 Å². The predicted molar refractivity (Wildman–Crippen MR) is 129 cm³/mol. The number of thioether (sulfide) groups is 4. The van der Waals surface area contributed by atoms with Gasteiger partial charge < -0.3 is 0 Å². The van der Waals surface area contributed by atoms with Crippen molar-refractivity contribution in [3.05, 3.63) is 101 Å². The first-order valence-electron chi connectivity index (χ1n) is 8.27. The Morgan fingerprint density at radius 3 is 0.867 bits per heavy atom. The average molecular weight is 461 g/mol. The van der Waals surface area contributed by atoms with E-state index in [-0.39, 0.29) is 0 Å². The summed E-state index contributed by atoms with van der Waals surface area (Å²) in [5, 5.41) is 35.8. The van der Waals surface area contributed by atoms with E-state index in [1.807, 2.05) is 97.2 Å². The molecular weight excluding hydrogens is 449 g/mol. The largest absolute Gasteiger partial charge is 0.192 e. The van der Waals surface area contributed by atoms with Crippen LogP contribution in [0.3, 0.4) is 0 Å². The standard InChI is InChI=1S/C22H12N4S4/c23-13-17-18(14-24)28-21(27-17)11-9-7-5-3-1-2-4-6-8-10-12-22-29-19(15-25)20(16-26)30-22/h1-12H/b2-1+,5-3+,6-4+,9-7+,10-8+. The molecule has 2 rings (SSSR count). The minimum Gasteiger partial charge on any atom is -0.192 e. The fourth-order valence-corrected chi connectivity index (χ4v) is 5.80. The van der Waals surface area contributed by atoms with E-state index in [0.29, 0.717) is 19.6 Å². The summed E-state index contributed by atoms with van der Waals surface area (Å²) in [6.07, 6.45) is 22.6. The van der Waals surface area contributed by atoms with Gasteiger partial charge in [-0.1, -0.05) is 108 Å². The molecule has 8 heteroatoms. The Morgan fingerprint density at radius 2 is 0.633 bits per heavy atom. The third-order valence-electron chi connectivity index (χ3n) is 3.09. The van der Waals surface area contributed by atoms with Crippen molar-refractivity contribution < 1.29 is 0 Å². The predicted octanol–water partition coefficient (Wildman–Crippen LogP) is 6.93. The van der Waals surface area contributed by atoms with E-state index in [4.69, 9.17) is 21.0 Å². The van der Waals surface area contributed by atoms with E-state index in [0.717, 1.165) is 8.47 Å². The topological polar surface area (TPSA) is 95.2 Å². The molecule has 0 fully saturated rings. The van der Waals surface area contributed by atoms with Gasteiger partial charge in [0.15, 0.2) is 0 Å². The highest BCUT2D eigenvalue weighted by molar-refractivity contribution is 8.29. The number of nitriles is 4. The molecule has 0 aromatic rings. The molecule has 0 unspecified atom stereocenters. The quantitative estimate of drug-likeness (QED) is 0.394. The maximum Gasteiger partial charge on any atom is 0.115 e. The lowest BCUT2D eigenvalue weighted by Crippen LogP contribution is -1.66. The van der Waals surface area contributed by atoms with Gasteiger partial charge in [-0.3, -0.25) is 0 Å². The zero-order chi connectivity index (χ0) is 21.6. The molecule has 0 saturated carbocycles. The molecule has 0 atom stereocenters. The molecule has 2 heterocycles. The molecule has 0 spiro atoms. The monoisotopic (exact) mass is 460 g/mol. The van der Waals surface area contributed by atoms with E-state index in [9.17, 15) is 0 Å². The van der Waals surface area contributed by atoms with Crippen molar-refractivity contribution in [3.63, 3.8) is 0 Å². The Labute approximate surface area is 192 Å². The molecule has 0 aromatic heterocycles. The van der Waals surface area contributed by atoms with Crippen LogP contribution in [0, 0.1) is 45.3 Å². The van der Waals surface area contributed by atoms with Crippen LogP contribution in [0.25, 0.3) is 0 Å². The van der Waals surface area contributed by atoms with Gasteiger partial charge in [0.05, 0.1) is 8.47 Å². The van der Waals surface area contributed by atoms with Crippen molar-refractivity contribution >= 4 is 47.0 Å². The fraction of sp³-hybridized carbons (Fsp3) is 0. The SMILES string of the molecule is N#CC1=C(C#N)SC(=C/C=C/C=C/C=C/C=C/C=C/C=C2SC(C#N)=C(C#N)S2)S1. The first kappa shape index (κ1) is 23.3. The normalized spacial score (nSPS) is 16.9. The summed E-state index contributed by atoms with van der Waals surface area (Å²) < 4.78 is 1.82. The van der Waals surface area contributed by atoms with Gasteiger partial charge in [-0.2, -0.15) is 21.0 Å². The van der Waals surface area contributed by atoms with Gasteiger partial charge in [0, 0.05) is 0 Å². The second-order valence-corrected chi connectivity index (χ2v) is 9.79. The van der Waals surface area contributed by atoms with E-state index in [2.05, 4.69) is 0 Å². The van der Waals surface area contributed by atoms with Gasteiger partial charge in [-0.05, 0) is 12.2 Å². The van der Waals surface area contributed by atoms with Crippen molar-refractivity contribution in [3.8, 4) is 24.3 Å². The van der Waals surface area contributed by atoms with Crippen LogP contribution < -0.4 is 0 Å². The molecule has 144 valence electrons. The molecule has 0 N–H and O–H groups in total. The Kier molecular flexibility index (Phi) is 10.3. The van der Waals surface area contributed by atoms with Crippen LogP contribution >= 0.6 is 47.0 Å². The Hall–Kier alpha value is -2.98. The van der Waals surface area contributed by atoms with Crippen molar-refractivity contribution in [2.45, 2.75) is 0 Å². The van der Waals surface area contributed by atoms with Crippen molar-refractivity contribution in [2.24, 2.45) is 0 Å². The zero-order valence-electron chi connectivity index (χ0n) is 15.4. The highest BCUT2D eigenvalue weighted by Crippen LogP contribution is 2.49. The van der Waals surface area contributed by atoms with Crippen LogP contribution in [0.15, 0.2) is 101 Å². The molecule has 0 aliphatic carbocycles. The summed E-state index contributed by atoms with van der Waals surface area (Å²) in [5.41, 5.74) is 0.